The number of carbonyl (C=O) groups excluding carboxylic acids is 1. The Bertz CT molecular complexity index is 570. The average molecular weight is 351 g/mol. The molecule has 0 unspecified atom stereocenters. The minimum absolute atomic E-state index is 0.430. The van der Waals surface area contributed by atoms with E-state index >= 15 is 0 Å². The molecule has 0 aliphatic heterocycles. The molecule has 0 fully saturated rings. The second-order valence-corrected chi connectivity index (χ2v) is 6.26. The van der Waals surface area contributed by atoms with Crippen LogP contribution >= 0.6 is 0 Å². The summed E-state index contributed by atoms with van der Waals surface area (Å²) in [7, 11) is 1.58. The predicted octanol–water partition coefficient (Wildman–Crippen LogP) is 1.67. The van der Waals surface area contributed by atoms with Gasteiger partial charge in [0.25, 0.3) is 0 Å². The summed E-state index contributed by atoms with van der Waals surface area (Å²) in [4.78, 5) is 20.1. The average Bonchev–Trinajstić information content (AvgIpc) is 2.55. The Labute approximate surface area is 149 Å². The molecule has 140 valence electrons. The molecule has 1 rings (SSSR count). The predicted molar refractivity (Wildman–Crippen MR) is 97.8 cm³/mol. The Hall–Kier alpha value is -2.51. The SMILES string of the molecule is CCNC(=NCc1ccnc(OC)c1)NCCNC(=O)OC(C)(C)C. The second kappa shape index (κ2) is 10.4. The summed E-state index contributed by atoms with van der Waals surface area (Å²) >= 11 is 0. The lowest BCUT2D eigenvalue weighted by atomic mass is 10.2. The van der Waals surface area contributed by atoms with Gasteiger partial charge in [0.2, 0.25) is 5.88 Å². The number of alkyl carbamates (subject to hydrolysis) is 1. The van der Waals surface area contributed by atoms with E-state index in [4.69, 9.17) is 9.47 Å². The summed E-state index contributed by atoms with van der Waals surface area (Å²) in [6.45, 7) is 9.68. The summed E-state index contributed by atoms with van der Waals surface area (Å²) in [5.41, 5.74) is 0.496. The van der Waals surface area contributed by atoms with E-state index in [-0.39, 0.29) is 0 Å². The third kappa shape index (κ3) is 9.39. The highest BCUT2D eigenvalue weighted by Gasteiger charge is 2.15. The van der Waals surface area contributed by atoms with Crippen LogP contribution in [0.3, 0.4) is 0 Å². The van der Waals surface area contributed by atoms with Crippen LogP contribution in [0.2, 0.25) is 0 Å². The van der Waals surface area contributed by atoms with E-state index in [9.17, 15) is 4.79 Å². The Morgan fingerprint density at radius 3 is 2.60 bits per heavy atom. The van der Waals surface area contributed by atoms with Crippen molar-refractivity contribution in [2.45, 2.75) is 39.8 Å². The molecule has 0 aliphatic rings. The van der Waals surface area contributed by atoms with E-state index < -0.39 is 11.7 Å². The summed E-state index contributed by atoms with van der Waals surface area (Å²) in [5.74, 6) is 1.23. The summed E-state index contributed by atoms with van der Waals surface area (Å²) < 4.78 is 10.3. The molecular weight excluding hydrogens is 322 g/mol. The topological polar surface area (TPSA) is 96.9 Å². The molecule has 0 saturated carbocycles. The first-order valence-corrected chi connectivity index (χ1v) is 8.32. The molecule has 8 heteroatoms. The Balaban J connectivity index is 2.44. The number of aliphatic imine (C=N–C) groups is 1. The lowest BCUT2D eigenvalue weighted by Gasteiger charge is -2.19. The molecule has 1 aromatic heterocycles. The monoisotopic (exact) mass is 351 g/mol. The number of aromatic nitrogens is 1. The number of rotatable bonds is 7. The lowest BCUT2D eigenvalue weighted by molar-refractivity contribution is 0.0529. The van der Waals surface area contributed by atoms with Gasteiger partial charge in [-0.2, -0.15) is 0 Å². The van der Waals surface area contributed by atoms with Crippen LogP contribution in [0, 0.1) is 0 Å². The van der Waals surface area contributed by atoms with Gasteiger partial charge in [0.05, 0.1) is 13.7 Å². The molecule has 1 heterocycles. The van der Waals surface area contributed by atoms with Crippen molar-refractivity contribution in [2.75, 3.05) is 26.7 Å². The van der Waals surface area contributed by atoms with Gasteiger partial charge in [0.1, 0.15) is 5.60 Å². The molecule has 3 N–H and O–H groups in total. The molecule has 1 aromatic rings. The van der Waals surface area contributed by atoms with E-state index in [1.807, 2.05) is 39.8 Å². The number of guanidine groups is 1. The minimum atomic E-state index is -0.501. The van der Waals surface area contributed by atoms with E-state index in [1.54, 1.807) is 13.3 Å². The second-order valence-electron chi connectivity index (χ2n) is 6.26. The molecular formula is C17H29N5O3. The van der Waals surface area contributed by atoms with Crippen molar-refractivity contribution in [1.82, 2.24) is 20.9 Å². The first kappa shape index (κ1) is 20.5. The largest absolute Gasteiger partial charge is 0.481 e. The van der Waals surface area contributed by atoms with Crippen molar-refractivity contribution in [3.8, 4) is 5.88 Å². The Morgan fingerprint density at radius 1 is 1.24 bits per heavy atom. The molecule has 25 heavy (non-hydrogen) atoms. The van der Waals surface area contributed by atoms with E-state index in [0.717, 1.165) is 12.1 Å². The molecule has 0 aromatic carbocycles. The highest BCUT2D eigenvalue weighted by molar-refractivity contribution is 5.79. The molecule has 1 amide bonds. The molecule has 8 nitrogen and oxygen atoms in total. The van der Waals surface area contributed by atoms with Crippen molar-refractivity contribution < 1.29 is 14.3 Å². The number of pyridine rings is 1. The molecule has 0 saturated heterocycles. The fourth-order valence-corrected chi connectivity index (χ4v) is 1.83. The Kier molecular flexibility index (Phi) is 8.52. The smallest absolute Gasteiger partial charge is 0.407 e. The summed E-state index contributed by atoms with van der Waals surface area (Å²) in [6.07, 6.45) is 1.26. The van der Waals surface area contributed by atoms with Gasteiger partial charge in [-0.25, -0.2) is 14.8 Å². The summed E-state index contributed by atoms with van der Waals surface area (Å²) in [5, 5.41) is 9.01. The van der Waals surface area contributed by atoms with Crippen molar-refractivity contribution in [3.05, 3.63) is 23.9 Å². The van der Waals surface area contributed by atoms with E-state index in [0.29, 0.717) is 31.5 Å². The van der Waals surface area contributed by atoms with Gasteiger partial charge >= 0.3 is 6.09 Å². The fraction of sp³-hybridized carbons (Fsp3) is 0.588. The number of hydrogen-bond acceptors (Lipinski definition) is 5. The summed E-state index contributed by atoms with van der Waals surface area (Å²) in [6, 6.07) is 3.73. The highest BCUT2D eigenvalue weighted by Crippen LogP contribution is 2.09. The normalized spacial score (nSPS) is 11.6. The first-order valence-electron chi connectivity index (χ1n) is 8.32. The molecule has 0 radical (unpaired) electrons. The quantitative estimate of drug-likeness (QED) is 0.393. The van der Waals surface area contributed by atoms with Gasteiger partial charge in [-0.3, -0.25) is 0 Å². The van der Waals surface area contributed by atoms with Gasteiger partial charge < -0.3 is 25.4 Å². The van der Waals surface area contributed by atoms with Gasteiger partial charge in [-0.15, -0.1) is 0 Å². The third-order valence-electron chi connectivity index (χ3n) is 2.86. The van der Waals surface area contributed by atoms with Crippen molar-refractivity contribution >= 4 is 12.1 Å². The number of nitrogens with zero attached hydrogens (tertiary/aromatic N) is 2. The van der Waals surface area contributed by atoms with Crippen LogP contribution < -0.4 is 20.7 Å². The number of methoxy groups -OCH3 is 1. The molecule has 0 atom stereocenters. The number of hydrogen-bond donors (Lipinski definition) is 3. The maximum absolute atomic E-state index is 11.6. The Morgan fingerprint density at radius 2 is 1.96 bits per heavy atom. The van der Waals surface area contributed by atoms with Crippen LogP contribution in [0.15, 0.2) is 23.3 Å². The van der Waals surface area contributed by atoms with Gasteiger partial charge in [0, 0.05) is 31.9 Å². The maximum atomic E-state index is 11.6. The molecule has 0 bridgehead atoms. The standard InChI is InChI=1S/C17H29N5O3/c1-6-18-15(20-9-10-21-16(23)25-17(2,3)4)22-12-13-7-8-19-14(11-13)24-5/h7-8,11H,6,9-10,12H2,1-5H3,(H,21,23)(H2,18,20,22). The van der Waals surface area contributed by atoms with Crippen LogP contribution in [-0.2, 0) is 11.3 Å². The van der Waals surface area contributed by atoms with Gasteiger partial charge in [-0.05, 0) is 39.3 Å². The zero-order valence-electron chi connectivity index (χ0n) is 15.7. The zero-order chi connectivity index (χ0) is 18.7. The van der Waals surface area contributed by atoms with Crippen LogP contribution in [-0.4, -0.2) is 49.4 Å². The van der Waals surface area contributed by atoms with E-state index in [1.165, 1.54) is 0 Å². The first-order chi connectivity index (χ1) is 11.8. The lowest BCUT2D eigenvalue weighted by Crippen LogP contribution is -2.42. The zero-order valence-corrected chi connectivity index (χ0v) is 15.7. The maximum Gasteiger partial charge on any atom is 0.407 e. The fourth-order valence-electron chi connectivity index (χ4n) is 1.83. The number of ether oxygens (including phenoxy) is 2. The third-order valence-corrected chi connectivity index (χ3v) is 2.86. The molecule has 0 spiro atoms. The van der Waals surface area contributed by atoms with Crippen LogP contribution in [0.25, 0.3) is 0 Å². The highest BCUT2D eigenvalue weighted by atomic mass is 16.6. The van der Waals surface area contributed by atoms with Gasteiger partial charge in [0.15, 0.2) is 5.96 Å². The van der Waals surface area contributed by atoms with Crippen LogP contribution in [0.1, 0.15) is 33.3 Å². The van der Waals surface area contributed by atoms with E-state index in [2.05, 4.69) is 25.9 Å². The van der Waals surface area contributed by atoms with Crippen LogP contribution in [0.4, 0.5) is 4.79 Å². The minimum Gasteiger partial charge on any atom is -0.481 e. The van der Waals surface area contributed by atoms with Gasteiger partial charge in [-0.1, -0.05) is 0 Å². The van der Waals surface area contributed by atoms with Crippen LogP contribution in [0.5, 0.6) is 5.88 Å². The number of carbonyl (C=O) groups is 1. The van der Waals surface area contributed by atoms with Crippen molar-refractivity contribution in [2.24, 2.45) is 4.99 Å². The van der Waals surface area contributed by atoms with Crippen molar-refractivity contribution in [1.29, 1.82) is 0 Å². The number of nitrogens with one attached hydrogen (secondary N) is 3. The number of amides is 1. The molecule has 0 aliphatic carbocycles. The van der Waals surface area contributed by atoms with Crippen molar-refractivity contribution in [3.63, 3.8) is 0 Å².